The highest BCUT2D eigenvalue weighted by molar-refractivity contribution is 5.99. The average molecular weight is 431 g/mol. The zero-order valence-electron chi connectivity index (χ0n) is 17.2. The highest BCUT2D eigenvalue weighted by Gasteiger charge is 2.46. The van der Waals surface area contributed by atoms with Crippen molar-refractivity contribution < 1.29 is 23.5 Å². The van der Waals surface area contributed by atoms with E-state index in [1.165, 1.54) is 28.5 Å². The van der Waals surface area contributed by atoms with Crippen molar-refractivity contribution in [2.75, 3.05) is 13.1 Å². The minimum Gasteiger partial charge on any atom is -0.503 e. The average Bonchev–Trinajstić information content (AvgIpc) is 2.84. The number of aryl methyl sites for hydroxylation is 1. The lowest BCUT2D eigenvalue weighted by Crippen LogP contribution is -2.48. The topological polar surface area (TPSA) is 91.6 Å². The lowest BCUT2D eigenvalue weighted by molar-refractivity contribution is 0.0520. The number of hydrogen-bond acceptors (Lipinski definition) is 4. The predicted molar refractivity (Wildman–Crippen MR) is 108 cm³/mol. The number of carbonyl (C=O) groups is 2. The molecule has 2 bridgehead atoms. The number of carbonyl (C=O) groups excluding carboxylic acids is 2. The van der Waals surface area contributed by atoms with E-state index in [1.807, 2.05) is 0 Å². The maximum atomic E-state index is 15.4. The third-order valence-corrected chi connectivity index (χ3v) is 6.11. The summed E-state index contributed by atoms with van der Waals surface area (Å²) in [5, 5.41) is 12.9. The number of hydrogen-bond donors (Lipinski definition) is 2. The van der Waals surface area contributed by atoms with Crippen molar-refractivity contribution in [2.24, 2.45) is 0 Å². The van der Waals surface area contributed by atoms with Crippen LogP contribution in [0.3, 0.4) is 0 Å². The largest absolute Gasteiger partial charge is 0.503 e. The summed E-state index contributed by atoms with van der Waals surface area (Å²) in [6, 6.07) is 3.69. The smallest absolute Gasteiger partial charge is 0.274 e. The lowest BCUT2D eigenvalue weighted by Gasteiger charge is -2.38. The molecule has 3 heterocycles. The van der Waals surface area contributed by atoms with Gasteiger partial charge in [-0.2, -0.15) is 0 Å². The van der Waals surface area contributed by atoms with Crippen molar-refractivity contribution in [1.82, 2.24) is 14.8 Å². The molecule has 7 nitrogen and oxygen atoms in total. The molecule has 9 heteroatoms. The van der Waals surface area contributed by atoms with Crippen LogP contribution in [0.2, 0.25) is 0 Å². The monoisotopic (exact) mass is 431 g/mol. The minimum atomic E-state index is -1.70. The van der Waals surface area contributed by atoms with E-state index in [-0.39, 0.29) is 30.8 Å². The van der Waals surface area contributed by atoms with Gasteiger partial charge in [0.25, 0.3) is 11.8 Å². The van der Waals surface area contributed by atoms with Crippen LogP contribution in [-0.4, -0.2) is 45.1 Å². The highest BCUT2D eigenvalue weighted by atomic mass is 19.1. The van der Waals surface area contributed by atoms with Crippen molar-refractivity contribution >= 4 is 11.8 Å². The SMILES string of the molecule is Cc1ccc(CNC(=O)c2cn3c(c(O)c2=O)C(=O)N2CCCC(C)(F)C3C2)c(F)c1. The quantitative estimate of drug-likeness (QED) is 0.781. The molecule has 0 saturated carbocycles. The van der Waals surface area contributed by atoms with Crippen LogP contribution in [0.15, 0.2) is 29.2 Å². The Morgan fingerprint density at radius 2 is 2.10 bits per heavy atom. The van der Waals surface area contributed by atoms with Gasteiger partial charge in [0.1, 0.15) is 17.0 Å². The zero-order valence-corrected chi connectivity index (χ0v) is 17.2. The van der Waals surface area contributed by atoms with Gasteiger partial charge in [-0.25, -0.2) is 8.78 Å². The third kappa shape index (κ3) is 3.58. The van der Waals surface area contributed by atoms with Gasteiger partial charge in [-0.05, 0) is 38.3 Å². The van der Waals surface area contributed by atoms with Crippen LogP contribution < -0.4 is 10.7 Å². The number of aromatic hydroxyl groups is 1. The Bertz CT molecular complexity index is 1140. The Morgan fingerprint density at radius 1 is 1.35 bits per heavy atom. The molecule has 2 aliphatic heterocycles. The van der Waals surface area contributed by atoms with Crippen LogP contribution in [0.1, 0.15) is 57.8 Å². The van der Waals surface area contributed by atoms with Gasteiger partial charge in [-0.3, -0.25) is 14.4 Å². The van der Waals surface area contributed by atoms with Gasteiger partial charge in [0.2, 0.25) is 5.43 Å². The van der Waals surface area contributed by atoms with Gasteiger partial charge < -0.3 is 19.9 Å². The molecule has 1 aromatic carbocycles. The van der Waals surface area contributed by atoms with Crippen LogP contribution in [0, 0.1) is 12.7 Å². The second-order valence-electron chi connectivity index (χ2n) is 8.40. The Balaban J connectivity index is 1.71. The standard InChI is InChI=1S/C22H23F2N3O4/c1-12-4-5-13(15(23)8-12)9-25-20(30)14-10-27-16-11-26(7-3-6-22(16,2)24)21(31)17(27)19(29)18(14)28/h4-5,8,10,16,29H,3,6-7,9,11H2,1-2H3,(H,25,30). The zero-order chi connectivity index (χ0) is 22.5. The van der Waals surface area contributed by atoms with Crippen molar-refractivity contribution in [3.8, 4) is 5.75 Å². The third-order valence-electron chi connectivity index (χ3n) is 6.11. The molecular weight excluding hydrogens is 408 g/mol. The fraction of sp³-hybridized carbons (Fsp3) is 0.409. The van der Waals surface area contributed by atoms with Crippen LogP contribution in [0.4, 0.5) is 8.78 Å². The van der Waals surface area contributed by atoms with Gasteiger partial charge in [0, 0.05) is 31.4 Å². The first-order valence-electron chi connectivity index (χ1n) is 10.1. The Labute approximate surface area is 177 Å². The van der Waals surface area contributed by atoms with Gasteiger partial charge in [0.05, 0.1) is 6.04 Å². The summed E-state index contributed by atoms with van der Waals surface area (Å²) < 4.78 is 30.6. The highest BCUT2D eigenvalue weighted by Crippen LogP contribution is 2.40. The maximum absolute atomic E-state index is 15.4. The van der Waals surface area contributed by atoms with E-state index in [9.17, 15) is 23.9 Å². The van der Waals surface area contributed by atoms with Crippen LogP contribution in [0.25, 0.3) is 0 Å². The molecule has 2 aromatic rings. The van der Waals surface area contributed by atoms with E-state index in [2.05, 4.69) is 5.32 Å². The van der Waals surface area contributed by atoms with Crippen molar-refractivity contribution in [3.63, 3.8) is 0 Å². The molecule has 0 aliphatic carbocycles. The van der Waals surface area contributed by atoms with Crippen molar-refractivity contribution in [1.29, 1.82) is 0 Å². The Morgan fingerprint density at radius 3 is 2.81 bits per heavy atom. The van der Waals surface area contributed by atoms with Gasteiger partial charge in [0.15, 0.2) is 11.4 Å². The van der Waals surface area contributed by atoms with Crippen LogP contribution in [0.5, 0.6) is 5.75 Å². The Hall–Kier alpha value is -3.23. The first-order chi connectivity index (χ1) is 14.6. The van der Waals surface area contributed by atoms with E-state index < -0.39 is 46.1 Å². The fourth-order valence-electron chi connectivity index (χ4n) is 4.29. The number of amides is 2. The number of fused-ring (bicyclic) bond motifs is 4. The molecule has 2 unspecified atom stereocenters. The summed E-state index contributed by atoms with van der Waals surface area (Å²) >= 11 is 0. The van der Waals surface area contributed by atoms with Gasteiger partial charge in [-0.1, -0.05) is 12.1 Å². The molecule has 0 radical (unpaired) electrons. The first-order valence-corrected chi connectivity index (χ1v) is 10.1. The number of pyridine rings is 1. The number of aromatic nitrogens is 1. The summed E-state index contributed by atoms with van der Waals surface area (Å²) in [7, 11) is 0. The molecule has 1 saturated heterocycles. The van der Waals surface area contributed by atoms with Gasteiger partial charge >= 0.3 is 0 Å². The minimum absolute atomic E-state index is 0.0801. The van der Waals surface area contributed by atoms with E-state index in [1.54, 1.807) is 13.0 Å². The summed E-state index contributed by atoms with van der Waals surface area (Å²) in [4.78, 5) is 39.5. The molecule has 164 valence electrons. The second kappa shape index (κ2) is 7.47. The normalized spacial score (nSPS) is 22.6. The molecule has 2 atom stereocenters. The van der Waals surface area contributed by atoms with Gasteiger partial charge in [-0.15, -0.1) is 0 Å². The predicted octanol–water partition coefficient (Wildman–Crippen LogP) is 2.45. The van der Waals surface area contributed by atoms with Crippen LogP contribution >= 0.6 is 0 Å². The number of alkyl halides is 1. The summed E-state index contributed by atoms with van der Waals surface area (Å²) in [6.45, 7) is 3.38. The van der Waals surface area contributed by atoms with Crippen molar-refractivity contribution in [2.45, 2.75) is 44.9 Å². The first kappa shape index (κ1) is 21.0. The fourth-order valence-corrected chi connectivity index (χ4v) is 4.29. The number of rotatable bonds is 3. The van der Waals surface area contributed by atoms with E-state index >= 15 is 4.39 Å². The van der Waals surface area contributed by atoms with Crippen LogP contribution in [-0.2, 0) is 6.54 Å². The number of benzene rings is 1. The molecule has 2 aliphatic rings. The molecule has 0 spiro atoms. The summed E-state index contributed by atoms with van der Waals surface area (Å²) in [5.74, 6) is -2.80. The molecule has 31 heavy (non-hydrogen) atoms. The van der Waals surface area contributed by atoms with E-state index in [0.717, 1.165) is 11.8 Å². The molecular formula is C22H23F2N3O4. The maximum Gasteiger partial charge on any atom is 0.274 e. The Kier molecular flexibility index (Phi) is 5.07. The summed E-state index contributed by atoms with van der Waals surface area (Å²) in [6.07, 6.45) is 1.77. The molecule has 4 rings (SSSR count). The molecule has 1 aromatic heterocycles. The lowest BCUT2D eigenvalue weighted by atomic mass is 9.92. The van der Waals surface area contributed by atoms with Crippen molar-refractivity contribution in [3.05, 3.63) is 62.8 Å². The second-order valence-corrected chi connectivity index (χ2v) is 8.40. The molecule has 1 fully saturated rings. The van der Waals surface area contributed by atoms with E-state index in [0.29, 0.717) is 13.0 Å². The van der Waals surface area contributed by atoms with E-state index in [4.69, 9.17) is 0 Å². The number of nitrogens with zero attached hydrogens (tertiary/aromatic N) is 2. The molecule has 2 amide bonds. The number of nitrogens with one attached hydrogen (secondary N) is 1. The number of halogens is 2. The summed E-state index contributed by atoms with van der Waals surface area (Å²) in [5.41, 5.74) is -2.52. The molecule has 2 N–H and O–H groups in total.